The first-order chi connectivity index (χ1) is 8.32. The molecular weight excluding hydrogens is 238 g/mol. The number of phenolic OH excluding ortho intramolecular Hbond substituents is 2. The van der Waals surface area contributed by atoms with Crippen molar-refractivity contribution in [2.45, 2.75) is 19.9 Å². The van der Waals surface area contributed by atoms with Gasteiger partial charge in [0.25, 0.3) is 5.91 Å². The van der Waals surface area contributed by atoms with E-state index in [1.54, 1.807) is 13.8 Å². The molecule has 0 aliphatic carbocycles. The van der Waals surface area contributed by atoms with Crippen LogP contribution in [0.4, 0.5) is 0 Å². The Morgan fingerprint density at radius 2 is 1.83 bits per heavy atom. The van der Waals surface area contributed by atoms with E-state index in [1.807, 2.05) is 0 Å². The van der Waals surface area contributed by atoms with Crippen molar-refractivity contribution in [3.8, 4) is 11.5 Å². The van der Waals surface area contributed by atoms with Crippen LogP contribution in [0.25, 0.3) is 0 Å². The number of hydrogen-bond acceptors (Lipinski definition) is 4. The highest BCUT2D eigenvalue weighted by molar-refractivity contribution is 5.99. The molecular formula is C12H15NO5. The highest BCUT2D eigenvalue weighted by Gasteiger charge is 2.24. The number of phenols is 2. The van der Waals surface area contributed by atoms with Crippen LogP contribution in [-0.4, -0.2) is 33.2 Å². The minimum atomic E-state index is -1.14. The van der Waals surface area contributed by atoms with Crippen LogP contribution in [0.5, 0.6) is 11.5 Å². The molecule has 0 saturated heterocycles. The summed E-state index contributed by atoms with van der Waals surface area (Å²) in [6.45, 7) is 3.32. The number of rotatable bonds is 4. The average Bonchev–Trinajstić information content (AvgIpc) is 2.24. The Hall–Kier alpha value is -2.24. The molecule has 1 atom stereocenters. The Morgan fingerprint density at radius 1 is 1.22 bits per heavy atom. The van der Waals surface area contributed by atoms with Crippen LogP contribution in [0, 0.1) is 5.92 Å². The molecule has 0 heterocycles. The number of benzene rings is 1. The fourth-order valence-electron chi connectivity index (χ4n) is 1.44. The fourth-order valence-corrected chi connectivity index (χ4v) is 1.44. The van der Waals surface area contributed by atoms with E-state index in [1.165, 1.54) is 12.1 Å². The second-order valence-corrected chi connectivity index (χ2v) is 4.23. The summed E-state index contributed by atoms with van der Waals surface area (Å²) in [5, 5.41) is 29.8. The number of carbonyl (C=O) groups is 2. The van der Waals surface area contributed by atoms with Crippen LogP contribution in [-0.2, 0) is 4.79 Å². The van der Waals surface area contributed by atoms with Gasteiger partial charge in [-0.1, -0.05) is 13.8 Å². The minimum Gasteiger partial charge on any atom is -0.508 e. The van der Waals surface area contributed by atoms with Gasteiger partial charge in [-0.3, -0.25) is 4.79 Å². The van der Waals surface area contributed by atoms with E-state index in [2.05, 4.69) is 5.32 Å². The molecule has 1 aromatic carbocycles. The molecule has 98 valence electrons. The second-order valence-electron chi connectivity index (χ2n) is 4.23. The topological polar surface area (TPSA) is 107 Å². The predicted molar refractivity (Wildman–Crippen MR) is 63.5 cm³/mol. The molecule has 1 amide bonds. The number of aromatic hydroxyl groups is 2. The Kier molecular flexibility index (Phi) is 4.14. The first-order valence-electron chi connectivity index (χ1n) is 5.38. The third-order valence-corrected chi connectivity index (χ3v) is 2.45. The van der Waals surface area contributed by atoms with Crippen molar-refractivity contribution in [1.29, 1.82) is 0 Å². The van der Waals surface area contributed by atoms with Gasteiger partial charge in [0.2, 0.25) is 0 Å². The van der Waals surface area contributed by atoms with Gasteiger partial charge in [-0.05, 0) is 18.1 Å². The van der Waals surface area contributed by atoms with Crippen LogP contribution in [0.3, 0.4) is 0 Å². The smallest absolute Gasteiger partial charge is 0.326 e. The normalized spacial score (nSPS) is 12.2. The summed E-state index contributed by atoms with van der Waals surface area (Å²) in [5.41, 5.74) is -0.0836. The highest BCUT2D eigenvalue weighted by atomic mass is 16.4. The summed E-state index contributed by atoms with van der Waals surface area (Å²) in [6, 6.07) is 2.43. The van der Waals surface area contributed by atoms with Gasteiger partial charge in [-0.15, -0.1) is 0 Å². The van der Waals surface area contributed by atoms with Crippen molar-refractivity contribution < 1.29 is 24.9 Å². The third-order valence-electron chi connectivity index (χ3n) is 2.45. The van der Waals surface area contributed by atoms with Gasteiger partial charge in [-0.2, -0.15) is 0 Å². The maximum Gasteiger partial charge on any atom is 0.326 e. The SMILES string of the molecule is CC(C)C(NC(=O)c1ccc(O)cc1O)C(=O)O. The quantitative estimate of drug-likeness (QED) is 0.638. The van der Waals surface area contributed by atoms with Crippen molar-refractivity contribution >= 4 is 11.9 Å². The van der Waals surface area contributed by atoms with Crippen molar-refractivity contribution in [2.24, 2.45) is 5.92 Å². The average molecular weight is 253 g/mol. The molecule has 0 aromatic heterocycles. The lowest BCUT2D eigenvalue weighted by atomic mass is 10.0. The van der Waals surface area contributed by atoms with Gasteiger partial charge in [0, 0.05) is 6.07 Å². The van der Waals surface area contributed by atoms with Crippen LogP contribution >= 0.6 is 0 Å². The van der Waals surface area contributed by atoms with E-state index in [-0.39, 0.29) is 17.2 Å². The molecule has 0 radical (unpaired) electrons. The van der Waals surface area contributed by atoms with E-state index < -0.39 is 23.7 Å². The van der Waals surface area contributed by atoms with E-state index in [0.29, 0.717) is 0 Å². The van der Waals surface area contributed by atoms with E-state index in [4.69, 9.17) is 10.2 Å². The number of hydrogen-bond donors (Lipinski definition) is 4. The van der Waals surface area contributed by atoms with Gasteiger partial charge in [0.05, 0.1) is 5.56 Å². The summed E-state index contributed by atoms with van der Waals surface area (Å²) >= 11 is 0. The summed E-state index contributed by atoms with van der Waals surface area (Å²) in [7, 11) is 0. The molecule has 0 saturated carbocycles. The van der Waals surface area contributed by atoms with Crippen LogP contribution < -0.4 is 5.32 Å². The number of amides is 1. The number of nitrogens with one attached hydrogen (secondary N) is 1. The number of carboxylic acids is 1. The highest BCUT2D eigenvalue weighted by Crippen LogP contribution is 2.22. The lowest BCUT2D eigenvalue weighted by Crippen LogP contribution is -2.44. The molecule has 0 aliphatic heterocycles. The summed E-state index contributed by atoms with van der Waals surface area (Å²) in [4.78, 5) is 22.7. The molecule has 6 nitrogen and oxygen atoms in total. The standard InChI is InChI=1S/C12H15NO5/c1-6(2)10(12(17)18)13-11(16)8-4-3-7(14)5-9(8)15/h3-6,10,14-15H,1-2H3,(H,13,16)(H,17,18). The lowest BCUT2D eigenvalue weighted by Gasteiger charge is -2.18. The first kappa shape index (κ1) is 13.8. The molecule has 6 heteroatoms. The Bertz CT molecular complexity index is 470. The molecule has 18 heavy (non-hydrogen) atoms. The zero-order valence-corrected chi connectivity index (χ0v) is 10.0. The van der Waals surface area contributed by atoms with E-state index in [0.717, 1.165) is 6.07 Å². The molecule has 1 aromatic rings. The Labute approximate surface area is 104 Å². The Morgan fingerprint density at radius 3 is 2.28 bits per heavy atom. The van der Waals surface area contributed by atoms with Crippen molar-refractivity contribution in [2.75, 3.05) is 0 Å². The van der Waals surface area contributed by atoms with E-state index >= 15 is 0 Å². The zero-order chi connectivity index (χ0) is 13.9. The van der Waals surface area contributed by atoms with Crippen molar-refractivity contribution in [3.63, 3.8) is 0 Å². The van der Waals surface area contributed by atoms with Crippen molar-refractivity contribution in [1.82, 2.24) is 5.32 Å². The number of carboxylic acid groups (broad SMARTS) is 1. The molecule has 0 fully saturated rings. The van der Waals surface area contributed by atoms with Gasteiger partial charge >= 0.3 is 5.97 Å². The molecule has 4 N–H and O–H groups in total. The van der Waals surface area contributed by atoms with Crippen molar-refractivity contribution in [3.05, 3.63) is 23.8 Å². The van der Waals surface area contributed by atoms with Gasteiger partial charge in [-0.25, -0.2) is 4.79 Å². The maximum absolute atomic E-state index is 11.8. The predicted octanol–water partition coefficient (Wildman–Crippen LogP) is 0.937. The molecule has 0 bridgehead atoms. The molecule has 1 unspecified atom stereocenters. The minimum absolute atomic E-state index is 0.0836. The largest absolute Gasteiger partial charge is 0.508 e. The third kappa shape index (κ3) is 3.13. The number of aliphatic carboxylic acids is 1. The Balaban J connectivity index is 2.91. The van der Waals surface area contributed by atoms with Crippen LogP contribution in [0.15, 0.2) is 18.2 Å². The summed E-state index contributed by atoms with van der Waals surface area (Å²) in [5.74, 6) is -2.71. The second kappa shape index (κ2) is 5.39. The van der Waals surface area contributed by atoms with Crippen LogP contribution in [0.2, 0.25) is 0 Å². The van der Waals surface area contributed by atoms with Gasteiger partial charge in [0.15, 0.2) is 0 Å². The monoisotopic (exact) mass is 253 g/mol. The zero-order valence-electron chi connectivity index (χ0n) is 10.0. The summed E-state index contributed by atoms with van der Waals surface area (Å²) < 4.78 is 0. The fraction of sp³-hybridized carbons (Fsp3) is 0.333. The molecule has 0 aliphatic rings. The first-order valence-corrected chi connectivity index (χ1v) is 5.38. The van der Waals surface area contributed by atoms with E-state index in [9.17, 15) is 14.7 Å². The summed E-state index contributed by atoms with van der Waals surface area (Å²) in [6.07, 6.45) is 0. The molecule has 0 spiro atoms. The molecule has 1 rings (SSSR count). The van der Waals surface area contributed by atoms with Crippen LogP contribution in [0.1, 0.15) is 24.2 Å². The lowest BCUT2D eigenvalue weighted by molar-refractivity contribution is -0.140. The number of carbonyl (C=O) groups excluding carboxylic acids is 1. The maximum atomic E-state index is 11.8. The van der Waals surface area contributed by atoms with Gasteiger partial charge in [0.1, 0.15) is 17.5 Å². The van der Waals surface area contributed by atoms with Gasteiger partial charge < -0.3 is 20.6 Å².